The highest BCUT2D eigenvalue weighted by atomic mass is 16.5. The van der Waals surface area contributed by atoms with Crippen molar-refractivity contribution in [3.05, 3.63) is 41.0 Å². The van der Waals surface area contributed by atoms with E-state index in [1.54, 1.807) is 12.1 Å². The number of hydrogen-bond donors (Lipinski definition) is 2. The summed E-state index contributed by atoms with van der Waals surface area (Å²) in [6, 6.07) is 3.21. The molecule has 22 heavy (non-hydrogen) atoms. The third-order valence-corrected chi connectivity index (χ3v) is 4.40. The topological polar surface area (TPSA) is 76.0 Å². The van der Waals surface area contributed by atoms with E-state index in [-0.39, 0.29) is 23.2 Å². The zero-order valence-electron chi connectivity index (χ0n) is 12.5. The number of methoxy groups -OCH3 is 1. The fourth-order valence-electron chi connectivity index (χ4n) is 3.22. The van der Waals surface area contributed by atoms with Gasteiger partial charge in [-0.1, -0.05) is 25.1 Å². The zero-order chi connectivity index (χ0) is 15.9. The van der Waals surface area contributed by atoms with Crippen LogP contribution in [-0.4, -0.2) is 29.9 Å². The van der Waals surface area contributed by atoms with Crippen LogP contribution in [0.4, 0.5) is 0 Å². The minimum absolute atomic E-state index is 0.0623. The number of esters is 1. The Morgan fingerprint density at radius 3 is 2.82 bits per heavy atom. The first-order chi connectivity index (χ1) is 10.5. The smallest absolute Gasteiger partial charge is 0.338 e. The number of phenolic OH excluding ortho intramolecular Hbond substituents is 2. The molecular weight excluding hydrogens is 284 g/mol. The number of phenols is 2. The predicted octanol–water partition coefficient (Wildman–Crippen LogP) is 2.57. The SMILES string of the molecule is COc1c(O)ccc(C2(C)CC=CC3=C(COC3=O)C2)c1O. The lowest BCUT2D eigenvalue weighted by molar-refractivity contribution is -0.135. The van der Waals surface area contributed by atoms with Gasteiger partial charge in [-0.2, -0.15) is 0 Å². The van der Waals surface area contributed by atoms with Gasteiger partial charge in [0.15, 0.2) is 11.5 Å². The molecule has 5 heteroatoms. The van der Waals surface area contributed by atoms with E-state index in [4.69, 9.17) is 9.47 Å². The average molecular weight is 302 g/mol. The van der Waals surface area contributed by atoms with Crippen LogP contribution >= 0.6 is 0 Å². The Labute approximate surface area is 128 Å². The minimum atomic E-state index is -0.410. The lowest BCUT2D eigenvalue weighted by atomic mass is 9.74. The van der Waals surface area contributed by atoms with Crippen molar-refractivity contribution in [2.45, 2.75) is 25.2 Å². The molecule has 1 atom stereocenters. The molecule has 1 unspecified atom stereocenters. The maximum Gasteiger partial charge on any atom is 0.338 e. The first-order valence-corrected chi connectivity index (χ1v) is 7.11. The highest BCUT2D eigenvalue weighted by molar-refractivity contribution is 5.95. The lowest BCUT2D eigenvalue weighted by Crippen LogP contribution is -2.22. The minimum Gasteiger partial charge on any atom is -0.504 e. The van der Waals surface area contributed by atoms with E-state index in [1.807, 2.05) is 13.0 Å². The number of cyclic esters (lactones) is 1. The highest BCUT2D eigenvalue weighted by Gasteiger charge is 2.36. The summed E-state index contributed by atoms with van der Waals surface area (Å²) in [5, 5.41) is 20.2. The summed E-state index contributed by atoms with van der Waals surface area (Å²) in [5.74, 6) is -0.383. The van der Waals surface area contributed by atoms with Crippen molar-refractivity contribution in [2.75, 3.05) is 13.7 Å². The molecule has 116 valence electrons. The number of rotatable bonds is 2. The fraction of sp³-hybridized carbons (Fsp3) is 0.353. The molecule has 1 aromatic carbocycles. The predicted molar refractivity (Wildman–Crippen MR) is 80.0 cm³/mol. The Morgan fingerprint density at radius 2 is 2.09 bits per heavy atom. The van der Waals surface area contributed by atoms with Crippen molar-refractivity contribution >= 4 is 5.97 Å². The van der Waals surface area contributed by atoms with Crippen LogP contribution in [-0.2, 0) is 14.9 Å². The van der Waals surface area contributed by atoms with Crippen molar-refractivity contribution in [2.24, 2.45) is 0 Å². The number of carbonyl (C=O) groups excluding carboxylic acids is 1. The zero-order valence-corrected chi connectivity index (χ0v) is 12.5. The van der Waals surface area contributed by atoms with Crippen LogP contribution in [0.3, 0.4) is 0 Å². The Bertz CT molecular complexity index is 701. The molecule has 2 aliphatic rings. The first kappa shape index (κ1) is 14.5. The summed E-state index contributed by atoms with van der Waals surface area (Å²) in [7, 11) is 1.40. The van der Waals surface area contributed by atoms with Gasteiger partial charge in [0.1, 0.15) is 6.61 Å². The van der Waals surface area contributed by atoms with Crippen molar-refractivity contribution in [1.29, 1.82) is 0 Å². The molecule has 3 rings (SSSR count). The second-order valence-corrected chi connectivity index (χ2v) is 5.95. The van der Waals surface area contributed by atoms with Crippen LogP contribution in [0.1, 0.15) is 25.3 Å². The van der Waals surface area contributed by atoms with Crippen molar-refractivity contribution in [3.8, 4) is 17.2 Å². The Balaban J connectivity index is 2.07. The molecule has 0 fully saturated rings. The fourth-order valence-corrected chi connectivity index (χ4v) is 3.22. The average Bonchev–Trinajstić information content (AvgIpc) is 2.70. The largest absolute Gasteiger partial charge is 0.504 e. The third-order valence-electron chi connectivity index (χ3n) is 4.40. The molecule has 1 aromatic rings. The van der Waals surface area contributed by atoms with Crippen LogP contribution in [0.2, 0.25) is 0 Å². The van der Waals surface area contributed by atoms with Gasteiger partial charge >= 0.3 is 5.97 Å². The number of ether oxygens (including phenoxy) is 2. The van der Waals surface area contributed by atoms with Gasteiger partial charge in [-0.15, -0.1) is 0 Å². The molecule has 0 amide bonds. The van der Waals surface area contributed by atoms with Gasteiger partial charge in [0.2, 0.25) is 5.75 Å². The van der Waals surface area contributed by atoms with Gasteiger partial charge in [0.25, 0.3) is 0 Å². The lowest BCUT2D eigenvalue weighted by Gasteiger charge is -2.30. The molecule has 0 saturated heterocycles. The molecule has 0 radical (unpaired) electrons. The van der Waals surface area contributed by atoms with Gasteiger partial charge in [-0.25, -0.2) is 4.79 Å². The van der Waals surface area contributed by atoms with E-state index in [0.29, 0.717) is 30.6 Å². The van der Waals surface area contributed by atoms with E-state index in [9.17, 15) is 15.0 Å². The summed E-state index contributed by atoms with van der Waals surface area (Å²) in [6.45, 7) is 2.31. The summed E-state index contributed by atoms with van der Waals surface area (Å²) in [5.41, 5.74) is 1.83. The molecule has 2 N–H and O–H groups in total. The molecule has 0 saturated carbocycles. The van der Waals surface area contributed by atoms with Gasteiger partial charge in [0, 0.05) is 11.0 Å². The summed E-state index contributed by atoms with van der Waals surface area (Å²) in [6.07, 6.45) is 4.98. The third kappa shape index (κ3) is 2.13. The van der Waals surface area contributed by atoms with Crippen LogP contribution in [0.5, 0.6) is 17.2 Å². The molecule has 1 aliphatic carbocycles. The summed E-state index contributed by atoms with van der Waals surface area (Å²) in [4.78, 5) is 11.7. The van der Waals surface area contributed by atoms with E-state index in [2.05, 4.69) is 0 Å². The Morgan fingerprint density at radius 1 is 1.32 bits per heavy atom. The summed E-state index contributed by atoms with van der Waals surface area (Å²) < 4.78 is 10.2. The molecule has 1 heterocycles. The monoisotopic (exact) mass is 302 g/mol. The number of hydrogen-bond acceptors (Lipinski definition) is 5. The van der Waals surface area contributed by atoms with Gasteiger partial charge in [0.05, 0.1) is 12.7 Å². The molecule has 0 bridgehead atoms. The number of aromatic hydroxyl groups is 2. The number of benzene rings is 1. The number of allylic oxidation sites excluding steroid dienone is 1. The van der Waals surface area contributed by atoms with Crippen molar-refractivity contribution in [1.82, 2.24) is 0 Å². The number of carbonyl (C=O) groups is 1. The van der Waals surface area contributed by atoms with Gasteiger partial charge < -0.3 is 19.7 Å². The second-order valence-electron chi connectivity index (χ2n) is 5.95. The van der Waals surface area contributed by atoms with Gasteiger partial charge in [-0.05, 0) is 24.5 Å². The van der Waals surface area contributed by atoms with Crippen LogP contribution in [0.25, 0.3) is 0 Å². The molecule has 1 aliphatic heterocycles. The molecule has 5 nitrogen and oxygen atoms in total. The van der Waals surface area contributed by atoms with E-state index >= 15 is 0 Å². The van der Waals surface area contributed by atoms with E-state index in [0.717, 1.165) is 5.57 Å². The second kappa shape index (κ2) is 5.09. The molecule has 0 spiro atoms. The Hall–Kier alpha value is -2.43. The van der Waals surface area contributed by atoms with Crippen molar-refractivity contribution < 1.29 is 24.5 Å². The van der Waals surface area contributed by atoms with Crippen molar-refractivity contribution in [3.63, 3.8) is 0 Å². The van der Waals surface area contributed by atoms with Gasteiger partial charge in [-0.3, -0.25) is 0 Å². The standard InChI is InChI=1S/C17H18O5/c1-17(12-5-6-13(18)15(21-2)14(12)19)7-3-4-11-10(8-17)9-22-16(11)20/h3-6,18-19H,7-9H2,1-2H3. The van der Waals surface area contributed by atoms with E-state index in [1.165, 1.54) is 13.2 Å². The molecule has 0 aromatic heterocycles. The maximum absolute atomic E-state index is 11.7. The quantitative estimate of drug-likeness (QED) is 0.821. The Kier molecular flexibility index (Phi) is 3.35. The maximum atomic E-state index is 11.7. The normalized spacial score (nSPS) is 24.0. The van der Waals surface area contributed by atoms with Crippen LogP contribution < -0.4 is 4.74 Å². The summed E-state index contributed by atoms with van der Waals surface area (Å²) >= 11 is 0. The van der Waals surface area contributed by atoms with Crippen LogP contribution in [0.15, 0.2) is 35.4 Å². The van der Waals surface area contributed by atoms with E-state index < -0.39 is 5.41 Å². The highest BCUT2D eigenvalue weighted by Crippen LogP contribution is 2.48. The first-order valence-electron chi connectivity index (χ1n) is 7.11. The molecular formula is C17H18O5. The van der Waals surface area contributed by atoms with Crippen LogP contribution in [0, 0.1) is 0 Å².